The van der Waals surface area contributed by atoms with Crippen LogP contribution in [0, 0.1) is 0 Å². The van der Waals surface area contributed by atoms with E-state index in [9.17, 15) is 0 Å². The number of fused-ring (bicyclic) bond motifs is 1. The third kappa shape index (κ3) is 5.72. The molecule has 5 nitrogen and oxygen atoms in total. The van der Waals surface area contributed by atoms with Crippen LogP contribution < -0.4 is 10.6 Å². The predicted octanol–water partition coefficient (Wildman–Crippen LogP) is 2.43. The molecule has 0 bridgehead atoms. The molecule has 5 heteroatoms. The molecule has 1 saturated heterocycles. The van der Waals surface area contributed by atoms with Gasteiger partial charge in [-0.1, -0.05) is 18.2 Å². The first kappa shape index (κ1) is 18.2. The molecule has 1 aliphatic heterocycles. The summed E-state index contributed by atoms with van der Waals surface area (Å²) in [5, 5.41) is 6.71. The van der Waals surface area contributed by atoms with E-state index < -0.39 is 0 Å². The Kier molecular flexibility index (Phi) is 7.12. The zero-order valence-electron chi connectivity index (χ0n) is 15.4. The molecule has 1 aliphatic carbocycles. The van der Waals surface area contributed by atoms with Gasteiger partial charge in [-0.25, -0.2) is 4.99 Å². The number of nitrogens with zero attached hydrogens (tertiary/aromatic N) is 1. The van der Waals surface area contributed by atoms with Crippen molar-refractivity contribution in [1.82, 2.24) is 10.6 Å². The Bertz CT molecular complexity index is 568. The maximum Gasteiger partial charge on any atom is 0.191 e. The summed E-state index contributed by atoms with van der Waals surface area (Å²) in [6.45, 7) is 6.90. The summed E-state index contributed by atoms with van der Waals surface area (Å²) in [7, 11) is 0. The zero-order valence-corrected chi connectivity index (χ0v) is 15.4. The molecule has 25 heavy (non-hydrogen) atoms. The van der Waals surface area contributed by atoms with Crippen LogP contribution in [0.2, 0.25) is 0 Å². The highest BCUT2D eigenvalue weighted by Gasteiger charge is 2.15. The maximum absolute atomic E-state index is 5.79. The summed E-state index contributed by atoms with van der Waals surface area (Å²) < 4.78 is 11.1. The second kappa shape index (κ2) is 9.78. The lowest BCUT2D eigenvalue weighted by Gasteiger charge is -2.13. The van der Waals surface area contributed by atoms with Crippen molar-refractivity contribution in [1.29, 1.82) is 0 Å². The quantitative estimate of drug-likeness (QED) is 0.432. The van der Waals surface area contributed by atoms with Crippen LogP contribution in [-0.4, -0.2) is 45.0 Å². The number of rotatable bonds is 8. The smallest absolute Gasteiger partial charge is 0.191 e. The van der Waals surface area contributed by atoms with Gasteiger partial charge in [-0.15, -0.1) is 0 Å². The molecule has 2 N–H and O–H groups in total. The van der Waals surface area contributed by atoms with Gasteiger partial charge in [0.1, 0.15) is 0 Å². The molecule has 138 valence electrons. The molecule has 0 radical (unpaired) electrons. The Labute approximate surface area is 151 Å². The minimum atomic E-state index is 0.293. The predicted molar refractivity (Wildman–Crippen MR) is 101 cm³/mol. The lowest BCUT2D eigenvalue weighted by atomic mass is 10.1. The third-order valence-corrected chi connectivity index (χ3v) is 4.78. The first-order chi connectivity index (χ1) is 12.3. The van der Waals surface area contributed by atoms with Crippen molar-refractivity contribution in [3.63, 3.8) is 0 Å². The summed E-state index contributed by atoms with van der Waals surface area (Å²) in [5.41, 5.74) is 4.33. The third-order valence-electron chi connectivity index (χ3n) is 4.78. The molecule has 0 spiro atoms. The molecule has 1 atom stereocenters. The van der Waals surface area contributed by atoms with E-state index in [1.54, 1.807) is 0 Å². The largest absolute Gasteiger partial charge is 0.379 e. The summed E-state index contributed by atoms with van der Waals surface area (Å²) in [5.74, 6) is 0.882. The number of aliphatic imine (C=N–C) groups is 1. The molecule has 0 saturated carbocycles. The van der Waals surface area contributed by atoms with Gasteiger partial charge in [0.2, 0.25) is 0 Å². The van der Waals surface area contributed by atoms with Crippen LogP contribution in [0.3, 0.4) is 0 Å². The lowest BCUT2D eigenvalue weighted by Crippen LogP contribution is -2.38. The molecule has 2 aliphatic rings. The fraction of sp³-hybridized carbons (Fsp3) is 0.650. The fourth-order valence-corrected chi connectivity index (χ4v) is 3.41. The summed E-state index contributed by atoms with van der Waals surface area (Å²) in [4.78, 5) is 4.72. The Morgan fingerprint density at radius 2 is 2.20 bits per heavy atom. The van der Waals surface area contributed by atoms with Gasteiger partial charge >= 0.3 is 0 Å². The standard InChI is InChI=1S/C20H31N3O2/c1-2-21-20(22-10-4-11-25-19-9-12-24-15-19)23-14-16-7-8-17-5-3-6-18(17)13-16/h7-8,13,19H,2-6,9-12,14-15H2,1H3,(H2,21,22,23). The molecule has 3 rings (SSSR count). The molecule has 0 amide bonds. The van der Waals surface area contributed by atoms with Crippen molar-refractivity contribution in [2.24, 2.45) is 4.99 Å². The van der Waals surface area contributed by atoms with E-state index in [2.05, 4.69) is 35.8 Å². The number of hydrogen-bond donors (Lipinski definition) is 2. The average Bonchev–Trinajstić information content (AvgIpc) is 3.30. The molecular weight excluding hydrogens is 314 g/mol. The number of benzene rings is 1. The van der Waals surface area contributed by atoms with Gasteiger partial charge < -0.3 is 20.1 Å². The van der Waals surface area contributed by atoms with Gasteiger partial charge in [-0.3, -0.25) is 0 Å². The van der Waals surface area contributed by atoms with Crippen molar-refractivity contribution in [3.8, 4) is 0 Å². The van der Waals surface area contributed by atoms with Crippen molar-refractivity contribution in [2.75, 3.05) is 32.9 Å². The molecule has 1 aromatic rings. The van der Waals surface area contributed by atoms with Gasteiger partial charge in [0, 0.05) is 26.3 Å². The Morgan fingerprint density at radius 3 is 3.04 bits per heavy atom. The van der Waals surface area contributed by atoms with Crippen molar-refractivity contribution >= 4 is 5.96 Å². The van der Waals surface area contributed by atoms with Gasteiger partial charge in [-0.05, 0) is 55.7 Å². The van der Waals surface area contributed by atoms with E-state index in [1.165, 1.54) is 36.0 Å². The highest BCUT2D eigenvalue weighted by Crippen LogP contribution is 2.23. The van der Waals surface area contributed by atoms with Gasteiger partial charge in [0.05, 0.1) is 19.3 Å². The van der Waals surface area contributed by atoms with Crippen molar-refractivity contribution in [3.05, 3.63) is 34.9 Å². The first-order valence-corrected chi connectivity index (χ1v) is 9.67. The normalized spacial score (nSPS) is 19.9. The lowest BCUT2D eigenvalue weighted by molar-refractivity contribution is 0.0420. The van der Waals surface area contributed by atoms with Crippen LogP contribution in [0.1, 0.15) is 42.9 Å². The monoisotopic (exact) mass is 345 g/mol. The summed E-state index contributed by atoms with van der Waals surface area (Å²) >= 11 is 0. The van der Waals surface area contributed by atoms with E-state index in [4.69, 9.17) is 14.5 Å². The molecule has 0 aromatic heterocycles. The minimum Gasteiger partial charge on any atom is -0.379 e. The second-order valence-corrected chi connectivity index (χ2v) is 6.79. The van der Waals surface area contributed by atoms with E-state index in [0.29, 0.717) is 6.10 Å². The van der Waals surface area contributed by atoms with E-state index in [0.717, 1.165) is 58.3 Å². The SMILES string of the molecule is CCNC(=NCc1ccc2c(c1)CCC2)NCCCOC1CCOC1. The van der Waals surface area contributed by atoms with E-state index >= 15 is 0 Å². The van der Waals surface area contributed by atoms with Crippen LogP contribution in [-0.2, 0) is 28.9 Å². The molecular formula is C20H31N3O2. The molecule has 1 unspecified atom stereocenters. The fourth-order valence-electron chi connectivity index (χ4n) is 3.41. The molecule has 1 heterocycles. The number of nitrogens with one attached hydrogen (secondary N) is 2. The van der Waals surface area contributed by atoms with Crippen LogP contribution in [0.15, 0.2) is 23.2 Å². The molecule has 1 fully saturated rings. The molecule has 1 aromatic carbocycles. The Hall–Kier alpha value is -1.59. The van der Waals surface area contributed by atoms with Gasteiger partial charge in [-0.2, -0.15) is 0 Å². The van der Waals surface area contributed by atoms with E-state index in [1.807, 2.05) is 0 Å². The van der Waals surface area contributed by atoms with Crippen LogP contribution in [0.25, 0.3) is 0 Å². The second-order valence-electron chi connectivity index (χ2n) is 6.79. The number of aryl methyl sites for hydroxylation is 2. The zero-order chi connectivity index (χ0) is 17.3. The van der Waals surface area contributed by atoms with E-state index in [-0.39, 0.29) is 0 Å². The summed E-state index contributed by atoms with van der Waals surface area (Å²) in [6.07, 6.45) is 6.04. The Balaban J connectivity index is 1.41. The first-order valence-electron chi connectivity index (χ1n) is 9.67. The van der Waals surface area contributed by atoms with Crippen LogP contribution >= 0.6 is 0 Å². The number of guanidine groups is 1. The van der Waals surface area contributed by atoms with Crippen molar-refractivity contribution in [2.45, 2.75) is 51.7 Å². The van der Waals surface area contributed by atoms with Crippen LogP contribution in [0.4, 0.5) is 0 Å². The summed E-state index contributed by atoms with van der Waals surface area (Å²) in [6, 6.07) is 6.82. The average molecular weight is 345 g/mol. The highest BCUT2D eigenvalue weighted by atomic mass is 16.5. The number of ether oxygens (including phenoxy) is 2. The van der Waals surface area contributed by atoms with Crippen molar-refractivity contribution < 1.29 is 9.47 Å². The highest BCUT2D eigenvalue weighted by molar-refractivity contribution is 5.79. The van der Waals surface area contributed by atoms with Crippen LogP contribution in [0.5, 0.6) is 0 Å². The topological polar surface area (TPSA) is 54.9 Å². The maximum atomic E-state index is 5.79. The Morgan fingerprint density at radius 1 is 1.28 bits per heavy atom. The van der Waals surface area contributed by atoms with Gasteiger partial charge in [0.25, 0.3) is 0 Å². The van der Waals surface area contributed by atoms with Gasteiger partial charge in [0.15, 0.2) is 5.96 Å². The minimum absolute atomic E-state index is 0.293. The number of hydrogen-bond acceptors (Lipinski definition) is 3.